The van der Waals surface area contributed by atoms with E-state index in [4.69, 9.17) is 5.26 Å². The van der Waals surface area contributed by atoms with Gasteiger partial charge in [-0.05, 0) is 30.9 Å². The van der Waals surface area contributed by atoms with Gasteiger partial charge in [0.1, 0.15) is 22.3 Å². The molecule has 0 aromatic heterocycles. The summed E-state index contributed by atoms with van der Waals surface area (Å²) in [6, 6.07) is 5.14. The van der Waals surface area contributed by atoms with Gasteiger partial charge >= 0.3 is 0 Å². The first-order valence-electron chi connectivity index (χ1n) is 6.19. The SMILES string of the molecule is CN(CC1CC(O)C1)S(=O)(=O)c1cccc(F)c1C#N. The van der Waals surface area contributed by atoms with Crippen LogP contribution in [0.4, 0.5) is 4.39 Å². The van der Waals surface area contributed by atoms with Gasteiger partial charge in [0, 0.05) is 13.6 Å². The lowest BCUT2D eigenvalue weighted by atomic mass is 9.82. The summed E-state index contributed by atoms with van der Waals surface area (Å²) >= 11 is 0. The molecule has 0 aliphatic heterocycles. The summed E-state index contributed by atoms with van der Waals surface area (Å²) in [7, 11) is -2.51. The van der Waals surface area contributed by atoms with Crippen molar-refractivity contribution in [3.63, 3.8) is 0 Å². The largest absolute Gasteiger partial charge is 0.393 e. The van der Waals surface area contributed by atoms with Crippen LogP contribution in [-0.4, -0.2) is 37.5 Å². The zero-order valence-electron chi connectivity index (χ0n) is 11.0. The second-order valence-corrected chi connectivity index (χ2v) is 7.01. The average Bonchev–Trinajstić information content (AvgIpc) is 2.36. The molecular formula is C13H15FN2O3S. The molecule has 0 saturated heterocycles. The van der Waals surface area contributed by atoms with Crippen molar-refractivity contribution in [2.24, 2.45) is 5.92 Å². The van der Waals surface area contributed by atoms with E-state index in [-0.39, 0.29) is 23.5 Å². The Morgan fingerprint density at radius 3 is 2.70 bits per heavy atom. The van der Waals surface area contributed by atoms with Gasteiger partial charge < -0.3 is 5.11 Å². The van der Waals surface area contributed by atoms with Gasteiger partial charge in [-0.2, -0.15) is 5.26 Å². The van der Waals surface area contributed by atoms with Crippen LogP contribution in [0.1, 0.15) is 18.4 Å². The van der Waals surface area contributed by atoms with E-state index in [1.54, 1.807) is 6.07 Å². The first kappa shape index (κ1) is 14.9. The lowest BCUT2D eigenvalue weighted by Crippen LogP contribution is -2.39. The Labute approximate surface area is 117 Å². The van der Waals surface area contributed by atoms with Crippen LogP contribution in [0.25, 0.3) is 0 Å². The molecular weight excluding hydrogens is 283 g/mol. The molecule has 20 heavy (non-hydrogen) atoms. The summed E-state index contributed by atoms with van der Waals surface area (Å²) in [6.07, 6.45) is 0.766. The monoisotopic (exact) mass is 298 g/mol. The second-order valence-electron chi connectivity index (χ2n) is 5.00. The molecule has 0 bridgehead atoms. The summed E-state index contributed by atoms with van der Waals surface area (Å²) in [6.45, 7) is 0.251. The molecule has 1 aliphatic rings. The molecule has 1 N–H and O–H groups in total. The lowest BCUT2D eigenvalue weighted by molar-refractivity contribution is 0.0367. The van der Waals surface area contributed by atoms with Crippen molar-refractivity contribution in [3.8, 4) is 6.07 Å². The molecule has 0 radical (unpaired) electrons. The van der Waals surface area contributed by atoms with Crippen LogP contribution in [0.15, 0.2) is 23.1 Å². The van der Waals surface area contributed by atoms with Crippen LogP contribution >= 0.6 is 0 Å². The van der Waals surface area contributed by atoms with Gasteiger partial charge in [0.25, 0.3) is 0 Å². The van der Waals surface area contributed by atoms with Crippen molar-refractivity contribution < 1.29 is 17.9 Å². The van der Waals surface area contributed by atoms with Crippen LogP contribution < -0.4 is 0 Å². The third-order valence-electron chi connectivity index (χ3n) is 3.50. The van der Waals surface area contributed by atoms with Crippen LogP contribution in [0, 0.1) is 23.1 Å². The van der Waals surface area contributed by atoms with Gasteiger partial charge in [-0.15, -0.1) is 0 Å². The fourth-order valence-corrected chi connectivity index (χ4v) is 3.70. The fraction of sp³-hybridized carbons (Fsp3) is 0.462. The van der Waals surface area contributed by atoms with Crippen LogP contribution in [0.2, 0.25) is 0 Å². The molecule has 1 saturated carbocycles. The number of benzene rings is 1. The minimum atomic E-state index is -3.90. The van der Waals surface area contributed by atoms with Gasteiger partial charge in [-0.25, -0.2) is 17.1 Å². The van der Waals surface area contributed by atoms with E-state index in [0.29, 0.717) is 12.8 Å². The van der Waals surface area contributed by atoms with Crippen molar-refractivity contribution in [2.75, 3.05) is 13.6 Å². The Hall–Kier alpha value is -1.49. The molecule has 0 heterocycles. The Bertz CT molecular complexity index is 648. The molecule has 1 aliphatic carbocycles. The zero-order chi connectivity index (χ0) is 14.9. The molecule has 1 fully saturated rings. The number of hydrogen-bond acceptors (Lipinski definition) is 4. The van der Waals surface area contributed by atoms with E-state index in [2.05, 4.69) is 0 Å². The highest BCUT2D eigenvalue weighted by molar-refractivity contribution is 7.89. The molecule has 5 nitrogen and oxygen atoms in total. The van der Waals surface area contributed by atoms with Gasteiger partial charge in [0.15, 0.2) is 0 Å². The minimum absolute atomic E-state index is 0.101. The average molecular weight is 298 g/mol. The topological polar surface area (TPSA) is 81.4 Å². The normalized spacial score (nSPS) is 22.4. The molecule has 108 valence electrons. The number of nitriles is 1. The lowest BCUT2D eigenvalue weighted by Gasteiger charge is -2.34. The number of aliphatic hydroxyl groups excluding tert-OH is 1. The third-order valence-corrected chi connectivity index (χ3v) is 5.37. The predicted octanol–water partition coefficient (Wildman–Crippen LogP) is 1.09. The van der Waals surface area contributed by atoms with E-state index in [0.717, 1.165) is 10.4 Å². The molecule has 0 atom stereocenters. The highest BCUT2D eigenvalue weighted by atomic mass is 32.2. The second kappa shape index (κ2) is 5.48. The number of sulfonamides is 1. The van der Waals surface area contributed by atoms with Gasteiger partial charge in [0.05, 0.1) is 6.10 Å². The molecule has 1 aromatic carbocycles. The zero-order valence-corrected chi connectivity index (χ0v) is 11.8. The van der Waals surface area contributed by atoms with Crippen LogP contribution in [0.5, 0.6) is 0 Å². The fourth-order valence-electron chi connectivity index (χ4n) is 2.31. The van der Waals surface area contributed by atoms with E-state index >= 15 is 0 Å². The summed E-state index contributed by atoms with van der Waals surface area (Å²) in [5, 5.41) is 18.1. The van der Waals surface area contributed by atoms with Crippen molar-refractivity contribution in [1.82, 2.24) is 4.31 Å². The molecule has 7 heteroatoms. The van der Waals surface area contributed by atoms with E-state index in [1.807, 2.05) is 0 Å². The maximum absolute atomic E-state index is 13.5. The van der Waals surface area contributed by atoms with E-state index < -0.39 is 21.4 Å². The number of aliphatic hydroxyl groups is 1. The summed E-state index contributed by atoms with van der Waals surface area (Å²) in [4.78, 5) is -0.317. The van der Waals surface area contributed by atoms with Crippen LogP contribution in [0.3, 0.4) is 0 Å². The standard InChI is InChI=1S/C13H15FN2O3S/c1-16(8-9-5-10(17)6-9)20(18,19)13-4-2-3-12(14)11(13)7-15/h2-4,9-10,17H,5-6,8H2,1H3. The quantitative estimate of drug-likeness (QED) is 0.902. The van der Waals surface area contributed by atoms with E-state index in [1.165, 1.54) is 19.2 Å². The number of nitrogens with zero attached hydrogens (tertiary/aromatic N) is 2. The smallest absolute Gasteiger partial charge is 0.244 e. The number of halogens is 1. The Morgan fingerprint density at radius 2 is 2.15 bits per heavy atom. The van der Waals surface area contributed by atoms with Gasteiger partial charge in [-0.3, -0.25) is 0 Å². The van der Waals surface area contributed by atoms with Gasteiger partial charge in [-0.1, -0.05) is 6.07 Å². The van der Waals surface area contributed by atoms with Crippen molar-refractivity contribution in [3.05, 3.63) is 29.6 Å². The summed E-state index contributed by atoms with van der Waals surface area (Å²) in [5.74, 6) is -0.745. The molecule has 0 spiro atoms. The van der Waals surface area contributed by atoms with Crippen LogP contribution in [-0.2, 0) is 10.0 Å². The highest BCUT2D eigenvalue weighted by Gasteiger charge is 2.33. The maximum Gasteiger partial charge on any atom is 0.244 e. The molecule has 0 unspecified atom stereocenters. The number of hydrogen-bond donors (Lipinski definition) is 1. The van der Waals surface area contributed by atoms with Crippen molar-refractivity contribution in [1.29, 1.82) is 5.26 Å². The molecule has 0 amide bonds. The molecule has 2 rings (SSSR count). The first-order chi connectivity index (χ1) is 9.36. The Morgan fingerprint density at radius 1 is 1.50 bits per heavy atom. The third kappa shape index (κ3) is 2.68. The Balaban J connectivity index is 2.26. The predicted molar refractivity (Wildman–Crippen MR) is 69.7 cm³/mol. The minimum Gasteiger partial charge on any atom is -0.393 e. The molecule has 1 aromatic rings. The number of rotatable bonds is 4. The van der Waals surface area contributed by atoms with Gasteiger partial charge in [0.2, 0.25) is 10.0 Å². The van der Waals surface area contributed by atoms with E-state index in [9.17, 15) is 17.9 Å². The highest BCUT2D eigenvalue weighted by Crippen LogP contribution is 2.30. The Kier molecular flexibility index (Phi) is 4.09. The maximum atomic E-state index is 13.5. The van der Waals surface area contributed by atoms with Crippen molar-refractivity contribution in [2.45, 2.75) is 23.8 Å². The summed E-state index contributed by atoms with van der Waals surface area (Å²) < 4.78 is 39.3. The van der Waals surface area contributed by atoms with Crippen molar-refractivity contribution >= 4 is 10.0 Å². The first-order valence-corrected chi connectivity index (χ1v) is 7.63. The summed E-state index contributed by atoms with van der Waals surface area (Å²) in [5.41, 5.74) is -0.465.